The van der Waals surface area contributed by atoms with Crippen molar-refractivity contribution in [1.82, 2.24) is 0 Å². The first-order valence-electron chi connectivity index (χ1n) is 4.15. The van der Waals surface area contributed by atoms with Crippen molar-refractivity contribution in [3.05, 3.63) is 28.7 Å². The third-order valence-electron chi connectivity index (χ3n) is 1.42. The van der Waals surface area contributed by atoms with Gasteiger partial charge < -0.3 is 5.73 Å². The Bertz CT molecular complexity index is 263. The molecule has 1 aromatic carbocycles. The van der Waals surface area contributed by atoms with E-state index in [0.717, 1.165) is 10.2 Å². The van der Waals surface area contributed by atoms with Gasteiger partial charge >= 0.3 is 0 Å². The van der Waals surface area contributed by atoms with E-state index in [0.29, 0.717) is 0 Å². The van der Waals surface area contributed by atoms with Gasteiger partial charge in [0.15, 0.2) is 0 Å². The Labute approximate surface area is 92.2 Å². The molecule has 0 fully saturated rings. The standard InChI is InChI=1S/C10H14BrNS/c1-10(2,12)7-13-9-5-3-8(11)4-6-9/h3-6H,7,12H2,1-2H3. The van der Waals surface area contributed by atoms with Crippen molar-refractivity contribution in [2.45, 2.75) is 24.3 Å². The maximum Gasteiger partial charge on any atom is 0.0192 e. The zero-order valence-corrected chi connectivity index (χ0v) is 10.3. The van der Waals surface area contributed by atoms with Gasteiger partial charge in [-0.2, -0.15) is 0 Å². The topological polar surface area (TPSA) is 26.0 Å². The van der Waals surface area contributed by atoms with Crippen molar-refractivity contribution in [3.63, 3.8) is 0 Å². The molecule has 1 nitrogen and oxygen atoms in total. The summed E-state index contributed by atoms with van der Waals surface area (Å²) >= 11 is 5.19. The molecule has 0 aliphatic heterocycles. The lowest BCUT2D eigenvalue weighted by molar-refractivity contribution is 0.591. The summed E-state index contributed by atoms with van der Waals surface area (Å²) in [7, 11) is 0. The summed E-state index contributed by atoms with van der Waals surface area (Å²) in [6.07, 6.45) is 0. The molecule has 3 heteroatoms. The van der Waals surface area contributed by atoms with E-state index in [1.165, 1.54) is 4.90 Å². The summed E-state index contributed by atoms with van der Waals surface area (Å²) in [5.74, 6) is 0.939. The normalized spacial score (nSPS) is 11.7. The summed E-state index contributed by atoms with van der Waals surface area (Å²) in [4.78, 5) is 1.27. The predicted octanol–water partition coefficient (Wildman–Crippen LogP) is 3.28. The Kier molecular flexibility index (Phi) is 3.83. The lowest BCUT2D eigenvalue weighted by Gasteiger charge is -2.17. The molecule has 1 aromatic rings. The molecule has 72 valence electrons. The molecule has 0 aliphatic carbocycles. The molecule has 0 bridgehead atoms. The predicted molar refractivity (Wildman–Crippen MR) is 63.1 cm³/mol. The second-order valence-corrected chi connectivity index (χ2v) is 5.70. The van der Waals surface area contributed by atoms with Crippen LogP contribution in [0, 0.1) is 0 Å². The van der Waals surface area contributed by atoms with Crippen LogP contribution in [0.2, 0.25) is 0 Å². The van der Waals surface area contributed by atoms with Crippen molar-refractivity contribution in [3.8, 4) is 0 Å². The van der Waals surface area contributed by atoms with Gasteiger partial charge in [-0.1, -0.05) is 15.9 Å². The van der Waals surface area contributed by atoms with E-state index in [9.17, 15) is 0 Å². The first-order chi connectivity index (χ1) is 5.97. The van der Waals surface area contributed by atoms with Crippen LogP contribution in [0.5, 0.6) is 0 Å². The van der Waals surface area contributed by atoms with Crippen LogP contribution in [0.4, 0.5) is 0 Å². The average Bonchev–Trinajstić information content (AvgIpc) is 2.02. The Morgan fingerprint density at radius 2 is 1.85 bits per heavy atom. The molecule has 0 atom stereocenters. The molecular formula is C10H14BrNS. The fraction of sp³-hybridized carbons (Fsp3) is 0.400. The fourth-order valence-electron chi connectivity index (χ4n) is 0.800. The van der Waals surface area contributed by atoms with Crippen molar-refractivity contribution in [2.75, 3.05) is 5.75 Å². The Morgan fingerprint density at radius 1 is 1.31 bits per heavy atom. The minimum atomic E-state index is -0.0995. The van der Waals surface area contributed by atoms with E-state index in [2.05, 4.69) is 28.1 Å². The van der Waals surface area contributed by atoms with Crippen LogP contribution in [0.1, 0.15) is 13.8 Å². The smallest absolute Gasteiger partial charge is 0.0192 e. The largest absolute Gasteiger partial charge is 0.325 e. The van der Waals surface area contributed by atoms with Crippen molar-refractivity contribution in [1.29, 1.82) is 0 Å². The SMILES string of the molecule is CC(C)(N)CSc1ccc(Br)cc1. The second-order valence-electron chi connectivity index (χ2n) is 3.73. The van der Waals surface area contributed by atoms with Gasteiger partial charge in [0.2, 0.25) is 0 Å². The minimum absolute atomic E-state index is 0.0995. The van der Waals surface area contributed by atoms with Gasteiger partial charge in [-0.25, -0.2) is 0 Å². The molecule has 0 heterocycles. The van der Waals surface area contributed by atoms with Crippen LogP contribution in [-0.2, 0) is 0 Å². The molecule has 0 spiro atoms. The number of benzene rings is 1. The molecule has 0 amide bonds. The lowest BCUT2D eigenvalue weighted by atomic mass is 10.1. The maximum absolute atomic E-state index is 5.88. The van der Waals surface area contributed by atoms with Gasteiger partial charge in [0.05, 0.1) is 0 Å². The zero-order valence-electron chi connectivity index (χ0n) is 7.88. The Balaban J connectivity index is 2.51. The van der Waals surface area contributed by atoms with Crippen LogP contribution >= 0.6 is 27.7 Å². The molecule has 0 saturated heterocycles. The van der Waals surface area contributed by atoms with E-state index >= 15 is 0 Å². The summed E-state index contributed by atoms with van der Waals surface area (Å²) in [6.45, 7) is 4.08. The van der Waals surface area contributed by atoms with Gasteiger partial charge in [0.25, 0.3) is 0 Å². The van der Waals surface area contributed by atoms with Gasteiger partial charge in [-0.15, -0.1) is 11.8 Å². The first kappa shape index (κ1) is 11.1. The van der Waals surface area contributed by atoms with Gasteiger partial charge in [-0.3, -0.25) is 0 Å². The van der Waals surface area contributed by atoms with Gasteiger partial charge in [0.1, 0.15) is 0 Å². The van der Waals surface area contributed by atoms with Crippen molar-refractivity contribution in [2.24, 2.45) is 5.73 Å². The van der Waals surface area contributed by atoms with E-state index in [1.807, 2.05) is 26.0 Å². The van der Waals surface area contributed by atoms with Crippen LogP contribution in [-0.4, -0.2) is 11.3 Å². The second kappa shape index (κ2) is 4.49. The van der Waals surface area contributed by atoms with Crippen molar-refractivity contribution < 1.29 is 0 Å². The molecule has 0 radical (unpaired) electrons. The molecule has 1 rings (SSSR count). The third-order valence-corrected chi connectivity index (χ3v) is 3.45. The summed E-state index contributed by atoms with van der Waals surface area (Å²) in [6, 6.07) is 8.29. The molecule has 0 saturated carbocycles. The van der Waals surface area contributed by atoms with Crippen LogP contribution < -0.4 is 5.73 Å². The van der Waals surface area contributed by atoms with Crippen LogP contribution in [0.3, 0.4) is 0 Å². The molecule has 0 aliphatic rings. The molecule has 2 N–H and O–H groups in total. The highest BCUT2D eigenvalue weighted by molar-refractivity contribution is 9.10. The van der Waals surface area contributed by atoms with E-state index in [4.69, 9.17) is 5.73 Å². The van der Waals surface area contributed by atoms with Gasteiger partial charge in [0, 0.05) is 20.7 Å². The Morgan fingerprint density at radius 3 is 2.31 bits per heavy atom. The number of halogens is 1. The van der Waals surface area contributed by atoms with Crippen LogP contribution in [0.15, 0.2) is 33.6 Å². The van der Waals surface area contributed by atoms with Crippen molar-refractivity contribution >= 4 is 27.7 Å². The van der Waals surface area contributed by atoms with E-state index < -0.39 is 0 Å². The van der Waals surface area contributed by atoms with E-state index in [1.54, 1.807) is 11.8 Å². The number of rotatable bonds is 3. The molecule has 0 aromatic heterocycles. The summed E-state index contributed by atoms with van der Waals surface area (Å²) in [5, 5.41) is 0. The molecular weight excluding hydrogens is 246 g/mol. The highest BCUT2D eigenvalue weighted by atomic mass is 79.9. The van der Waals surface area contributed by atoms with E-state index in [-0.39, 0.29) is 5.54 Å². The molecule has 13 heavy (non-hydrogen) atoms. The molecule has 0 unspecified atom stereocenters. The Hall–Kier alpha value is 0.01000. The average molecular weight is 260 g/mol. The number of nitrogens with two attached hydrogens (primary N) is 1. The fourth-order valence-corrected chi connectivity index (χ4v) is 1.93. The zero-order chi connectivity index (χ0) is 9.90. The monoisotopic (exact) mass is 259 g/mol. The number of thioether (sulfide) groups is 1. The summed E-state index contributed by atoms with van der Waals surface area (Å²) in [5.41, 5.74) is 5.78. The number of hydrogen-bond donors (Lipinski definition) is 1. The quantitative estimate of drug-likeness (QED) is 0.844. The first-order valence-corrected chi connectivity index (χ1v) is 5.92. The minimum Gasteiger partial charge on any atom is -0.325 e. The maximum atomic E-state index is 5.88. The number of hydrogen-bond acceptors (Lipinski definition) is 2. The lowest BCUT2D eigenvalue weighted by Crippen LogP contribution is -2.34. The van der Waals surface area contributed by atoms with Gasteiger partial charge in [-0.05, 0) is 38.1 Å². The highest BCUT2D eigenvalue weighted by Gasteiger charge is 2.10. The third kappa shape index (κ3) is 4.69. The highest BCUT2D eigenvalue weighted by Crippen LogP contribution is 2.23. The van der Waals surface area contributed by atoms with Crippen LogP contribution in [0.25, 0.3) is 0 Å². The summed E-state index contributed by atoms with van der Waals surface area (Å²) < 4.78 is 1.11.